The van der Waals surface area contributed by atoms with Gasteiger partial charge in [-0.1, -0.05) is 29.8 Å². The van der Waals surface area contributed by atoms with E-state index in [9.17, 15) is 14.7 Å². The van der Waals surface area contributed by atoms with Gasteiger partial charge in [0.05, 0.1) is 17.7 Å². The number of ether oxygens (including phenoxy) is 1. The van der Waals surface area contributed by atoms with Crippen molar-refractivity contribution in [2.24, 2.45) is 0 Å². The van der Waals surface area contributed by atoms with Gasteiger partial charge in [0.15, 0.2) is 0 Å². The molecule has 2 aliphatic rings. The van der Waals surface area contributed by atoms with Crippen LogP contribution in [0.4, 0.5) is 0 Å². The van der Waals surface area contributed by atoms with Crippen LogP contribution in [-0.4, -0.2) is 72.0 Å². The average Bonchev–Trinajstić information content (AvgIpc) is 3.08. The number of nitrogens with zero attached hydrogens (tertiary/aromatic N) is 2. The summed E-state index contributed by atoms with van der Waals surface area (Å²) in [7, 11) is 0. The van der Waals surface area contributed by atoms with Crippen molar-refractivity contribution in [3.63, 3.8) is 0 Å². The third-order valence-electron chi connectivity index (χ3n) is 6.30. The summed E-state index contributed by atoms with van der Waals surface area (Å²) >= 11 is 0. The van der Waals surface area contributed by atoms with Crippen LogP contribution in [0.25, 0.3) is 5.76 Å². The molecule has 2 fully saturated rings. The van der Waals surface area contributed by atoms with Gasteiger partial charge in [-0.3, -0.25) is 14.5 Å². The molecule has 7 heteroatoms. The van der Waals surface area contributed by atoms with E-state index in [1.54, 1.807) is 29.2 Å². The van der Waals surface area contributed by atoms with E-state index in [4.69, 9.17) is 4.74 Å². The van der Waals surface area contributed by atoms with E-state index in [-0.39, 0.29) is 17.4 Å². The number of aliphatic hydroxyl groups excluding tert-OH is 1. The molecular weight excluding hydrogens is 430 g/mol. The van der Waals surface area contributed by atoms with Gasteiger partial charge in [0.1, 0.15) is 11.5 Å². The number of piperazine rings is 1. The quantitative estimate of drug-likeness (QED) is 0.373. The van der Waals surface area contributed by atoms with Gasteiger partial charge < -0.3 is 20.1 Å². The third kappa shape index (κ3) is 5.16. The molecule has 2 saturated heterocycles. The number of Topliss-reactive ketones (excluding diaryl/α,β-unsaturated/α-hetero) is 1. The van der Waals surface area contributed by atoms with Crippen molar-refractivity contribution < 1.29 is 19.4 Å². The Bertz CT molecular complexity index is 1050. The zero-order valence-electron chi connectivity index (χ0n) is 20.1. The number of rotatable bonds is 7. The van der Waals surface area contributed by atoms with Crippen molar-refractivity contribution in [3.05, 3.63) is 70.8 Å². The second-order valence-electron chi connectivity index (χ2n) is 9.19. The van der Waals surface area contributed by atoms with Gasteiger partial charge >= 0.3 is 0 Å². The highest BCUT2D eigenvalue weighted by molar-refractivity contribution is 6.46. The topological polar surface area (TPSA) is 82.1 Å². The van der Waals surface area contributed by atoms with Crippen LogP contribution in [0.2, 0.25) is 0 Å². The minimum Gasteiger partial charge on any atom is -0.507 e. The lowest BCUT2D eigenvalue weighted by Crippen LogP contribution is -2.46. The van der Waals surface area contributed by atoms with Crippen molar-refractivity contribution >= 4 is 17.4 Å². The van der Waals surface area contributed by atoms with Crippen LogP contribution in [0.15, 0.2) is 54.1 Å². The summed E-state index contributed by atoms with van der Waals surface area (Å²) in [5.41, 5.74) is 2.51. The highest BCUT2D eigenvalue weighted by Crippen LogP contribution is 2.39. The predicted octanol–water partition coefficient (Wildman–Crippen LogP) is 3.11. The lowest BCUT2D eigenvalue weighted by Gasteiger charge is -2.31. The Morgan fingerprint density at radius 3 is 2.29 bits per heavy atom. The molecule has 1 amide bonds. The van der Waals surface area contributed by atoms with Crippen molar-refractivity contribution in [1.29, 1.82) is 0 Å². The van der Waals surface area contributed by atoms with Crippen LogP contribution in [0.1, 0.15) is 36.6 Å². The van der Waals surface area contributed by atoms with E-state index in [0.29, 0.717) is 24.4 Å². The van der Waals surface area contributed by atoms with E-state index in [1.165, 1.54) is 0 Å². The molecule has 1 atom stereocenters. The third-order valence-corrected chi connectivity index (χ3v) is 6.30. The number of amides is 1. The average molecular weight is 464 g/mol. The first kappa shape index (κ1) is 24.0. The second-order valence-corrected chi connectivity index (χ2v) is 9.19. The smallest absolute Gasteiger partial charge is 0.295 e. The van der Waals surface area contributed by atoms with Gasteiger partial charge in [-0.2, -0.15) is 0 Å². The summed E-state index contributed by atoms with van der Waals surface area (Å²) in [4.78, 5) is 30.2. The second kappa shape index (κ2) is 10.4. The van der Waals surface area contributed by atoms with Crippen molar-refractivity contribution in [1.82, 2.24) is 15.1 Å². The molecule has 0 saturated carbocycles. The van der Waals surface area contributed by atoms with Gasteiger partial charge in [0.2, 0.25) is 0 Å². The lowest BCUT2D eigenvalue weighted by atomic mass is 9.94. The fraction of sp³-hybridized carbons (Fsp3) is 0.407. The first-order chi connectivity index (χ1) is 16.3. The van der Waals surface area contributed by atoms with Crippen LogP contribution in [0, 0.1) is 6.92 Å². The molecule has 180 valence electrons. The number of ketones is 1. The SMILES string of the molecule is Cc1ccc(C2/C(=C(/O)c3ccc(OC(C)C)cc3)C(=O)C(=O)N2CCN2CCNCC2)cc1. The van der Waals surface area contributed by atoms with E-state index >= 15 is 0 Å². The molecule has 0 aromatic heterocycles. The molecular formula is C27H33N3O4. The van der Waals surface area contributed by atoms with Gasteiger partial charge in [0, 0.05) is 44.8 Å². The van der Waals surface area contributed by atoms with Crippen molar-refractivity contribution in [2.75, 3.05) is 39.3 Å². The maximum absolute atomic E-state index is 13.2. The summed E-state index contributed by atoms with van der Waals surface area (Å²) in [5.74, 6) is -0.698. The number of hydrogen-bond acceptors (Lipinski definition) is 6. The number of nitrogens with one attached hydrogen (secondary N) is 1. The lowest BCUT2D eigenvalue weighted by molar-refractivity contribution is -0.140. The maximum atomic E-state index is 13.2. The van der Waals surface area contributed by atoms with Crippen molar-refractivity contribution in [3.8, 4) is 5.75 Å². The molecule has 2 aromatic carbocycles. The van der Waals surface area contributed by atoms with Crippen LogP contribution < -0.4 is 10.1 Å². The number of benzene rings is 2. The number of carbonyl (C=O) groups is 2. The largest absolute Gasteiger partial charge is 0.507 e. The number of hydrogen-bond donors (Lipinski definition) is 2. The fourth-order valence-corrected chi connectivity index (χ4v) is 4.51. The predicted molar refractivity (Wildman–Crippen MR) is 132 cm³/mol. The Morgan fingerprint density at radius 2 is 1.68 bits per heavy atom. The zero-order valence-corrected chi connectivity index (χ0v) is 20.1. The normalized spacial score (nSPS) is 20.8. The molecule has 0 spiro atoms. The summed E-state index contributed by atoms with van der Waals surface area (Å²) in [6.07, 6.45) is 0.0296. The molecule has 2 N–H and O–H groups in total. The molecule has 34 heavy (non-hydrogen) atoms. The molecule has 0 radical (unpaired) electrons. The minimum atomic E-state index is -0.647. The van der Waals surface area contributed by atoms with E-state index in [1.807, 2.05) is 45.0 Å². The molecule has 1 unspecified atom stereocenters. The Balaban J connectivity index is 1.69. The van der Waals surface area contributed by atoms with E-state index in [0.717, 1.165) is 37.3 Å². The summed E-state index contributed by atoms with van der Waals surface area (Å²) in [6.45, 7) is 10.6. The van der Waals surface area contributed by atoms with Gasteiger partial charge in [0.25, 0.3) is 11.7 Å². The summed E-state index contributed by atoms with van der Waals surface area (Å²) in [6, 6.07) is 14.1. The van der Waals surface area contributed by atoms with Gasteiger partial charge in [-0.25, -0.2) is 0 Å². The van der Waals surface area contributed by atoms with Gasteiger partial charge in [-0.15, -0.1) is 0 Å². The molecule has 2 heterocycles. The Morgan fingerprint density at radius 1 is 1.03 bits per heavy atom. The molecule has 2 aromatic rings. The first-order valence-corrected chi connectivity index (χ1v) is 11.9. The maximum Gasteiger partial charge on any atom is 0.295 e. The number of aryl methyl sites for hydroxylation is 1. The van der Waals surface area contributed by atoms with Crippen molar-refractivity contribution in [2.45, 2.75) is 32.9 Å². The molecule has 7 nitrogen and oxygen atoms in total. The molecule has 2 aliphatic heterocycles. The highest BCUT2D eigenvalue weighted by atomic mass is 16.5. The first-order valence-electron chi connectivity index (χ1n) is 11.9. The number of aliphatic hydroxyl groups is 1. The van der Waals surface area contributed by atoms with Crippen LogP contribution in [-0.2, 0) is 9.59 Å². The fourth-order valence-electron chi connectivity index (χ4n) is 4.51. The Hall–Kier alpha value is -3.16. The highest BCUT2D eigenvalue weighted by Gasteiger charge is 2.46. The summed E-state index contributed by atoms with van der Waals surface area (Å²) in [5, 5.41) is 14.5. The van der Waals surface area contributed by atoms with Crippen LogP contribution >= 0.6 is 0 Å². The van der Waals surface area contributed by atoms with Crippen LogP contribution in [0.3, 0.4) is 0 Å². The van der Waals surface area contributed by atoms with E-state index < -0.39 is 17.7 Å². The molecule has 0 aliphatic carbocycles. The van der Waals surface area contributed by atoms with Crippen LogP contribution in [0.5, 0.6) is 5.75 Å². The standard InChI is InChI=1S/C27H33N3O4/c1-18(2)34-22-10-8-21(9-11-22)25(31)23-24(20-6-4-19(3)5-7-20)30(27(33)26(23)32)17-16-29-14-12-28-13-15-29/h4-11,18,24,28,31H,12-17H2,1-3H3/b25-23-. The zero-order chi connectivity index (χ0) is 24.2. The number of carbonyl (C=O) groups excluding carboxylic acids is 2. The molecule has 4 rings (SSSR count). The molecule has 0 bridgehead atoms. The number of likely N-dealkylation sites (tertiary alicyclic amines) is 1. The van der Waals surface area contributed by atoms with Gasteiger partial charge in [-0.05, 0) is 50.6 Å². The Labute approximate surface area is 201 Å². The monoisotopic (exact) mass is 463 g/mol. The van der Waals surface area contributed by atoms with E-state index in [2.05, 4.69) is 10.2 Å². The summed E-state index contributed by atoms with van der Waals surface area (Å²) < 4.78 is 5.68. The Kier molecular flexibility index (Phi) is 7.34. The minimum absolute atomic E-state index is 0.0296.